The van der Waals surface area contributed by atoms with Gasteiger partial charge in [0.2, 0.25) is 21.8 Å². The van der Waals surface area contributed by atoms with E-state index in [0.29, 0.717) is 50.9 Å². The Kier molecular flexibility index (Phi) is 5.15. The first-order valence-corrected chi connectivity index (χ1v) is 11.2. The summed E-state index contributed by atoms with van der Waals surface area (Å²) in [6, 6.07) is 6.08. The van der Waals surface area contributed by atoms with E-state index in [9.17, 15) is 8.42 Å². The summed E-state index contributed by atoms with van der Waals surface area (Å²) < 4.78 is 33.4. The average molecular weight is 406 g/mol. The maximum Gasteiger partial charge on any atom is 0.233 e. The summed E-state index contributed by atoms with van der Waals surface area (Å²) in [7, 11) is -3.37. The number of piperazine rings is 1. The minimum absolute atomic E-state index is 0.197. The molecule has 9 heteroatoms. The Bertz CT molecular complexity index is 950. The molecule has 1 aromatic carbocycles. The molecule has 0 amide bonds. The lowest BCUT2D eigenvalue weighted by atomic mass is 10.1. The molecule has 1 aromatic heterocycles. The number of nitrogens with one attached hydrogen (secondary N) is 1. The number of sulfonamides is 1. The van der Waals surface area contributed by atoms with Crippen molar-refractivity contribution in [2.24, 2.45) is 0 Å². The average Bonchev–Trinajstić information content (AvgIpc) is 3.33. The van der Waals surface area contributed by atoms with Crippen molar-refractivity contribution in [2.45, 2.75) is 38.5 Å². The number of rotatable bonds is 4. The zero-order valence-corrected chi connectivity index (χ0v) is 17.4. The molecule has 2 fully saturated rings. The topological polar surface area (TPSA) is 91.6 Å². The van der Waals surface area contributed by atoms with Crippen LogP contribution in [0.5, 0.6) is 0 Å². The van der Waals surface area contributed by atoms with Crippen LogP contribution in [0.4, 0.5) is 5.69 Å². The second-order valence-corrected chi connectivity index (χ2v) is 9.84. The van der Waals surface area contributed by atoms with Gasteiger partial charge in [0, 0.05) is 45.3 Å². The molecular formula is C19H27N5O3S. The van der Waals surface area contributed by atoms with Crippen LogP contribution in [0, 0.1) is 20.8 Å². The molecule has 0 spiro atoms. The predicted octanol–water partition coefficient (Wildman–Crippen LogP) is 1.55. The van der Waals surface area contributed by atoms with Gasteiger partial charge in [-0.15, -0.1) is 10.2 Å². The van der Waals surface area contributed by atoms with E-state index < -0.39 is 15.3 Å². The Morgan fingerprint density at radius 2 is 1.86 bits per heavy atom. The Morgan fingerprint density at radius 1 is 1.11 bits per heavy atom. The highest BCUT2D eigenvalue weighted by Gasteiger charge is 2.41. The molecule has 2 aromatic rings. The van der Waals surface area contributed by atoms with E-state index in [1.54, 1.807) is 11.2 Å². The van der Waals surface area contributed by atoms with Gasteiger partial charge in [-0.2, -0.15) is 4.31 Å². The third kappa shape index (κ3) is 3.54. The van der Waals surface area contributed by atoms with Crippen molar-refractivity contribution in [1.82, 2.24) is 19.8 Å². The second-order valence-electron chi connectivity index (χ2n) is 7.63. The molecule has 2 saturated heterocycles. The molecule has 4 rings (SSSR count). The van der Waals surface area contributed by atoms with Gasteiger partial charge in [-0.25, -0.2) is 8.42 Å². The van der Waals surface area contributed by atoms with Crippen LogP contribution < -0.4 is 10.2 Å². The quantitative estimate of drug-likeness (QED) is 0.825. The minimum Gasteiger partial charge on any atom is -0.424 e. The van der Waals surface area contributed by atoms with Gasteiger partial charge < -0.3 is 14.6 Å². The normalized spacial score (nSPS) is 24.0. The fraction of sp³-hybridized carbons (Fsp3) is 0.579. The Labute approximate surface area is 166 Å². The summed E-state index contributed by atoms with van der Waals surface area (Å²) in [5, 5.41) is 10.6. The van der Waals surface area contributed by atoms with E-state index in [0.717, 1.165) is 0 Å². The van der Waals surface area contributed by atoms with Gasteiger partial charge in [0.1, 0.15) is 0 Å². The van der Waals surface area contributed by atoms with Crippen LogP contribution in [0.15, 0.2) is 22.6 Å². The first kappa shape index (κ1) is 19.4. The SMILES string of the molecule is Cc1nnc(C2CC(S(=O)(=O)N3CCN(c4cccc(C)c4C)CC3)CN2)o1. The maximum atomic E-state index is 13.1. The lowest BCUT2D eigenvalue weighted by Gasteiger charge is -2.37. The minimum atomic E-state index is -3.37. The molecule has 0 saturated carbocycles. The molecule has 3 heterocycles. The second kappa shape index (κ2) is 7.46. The summed E-state index contributed by atoms with van der Waals surface area (Å²) in [4.78, 5) is 2.28. The van der Waals surface area contributed by atoms with Gasteiger partial charge in [-0.3, -0.25) is 0 Å². The van der Waals surface area contributed by atoms with Crippen LogP contribution in [-0.2, 0) is 10.0 Å². The monoisotopic (exact) mass is 405 g/mol. The number of hydrogen-bond donors (Lipinski definition) is 1. The summed E-state index contributed by atoms with van der Waals surface area (Å²) in [5.74, 6) is 0.959. The van der Waals surface area contributed by atoms with E-state index in [2.05, 4.69) is 52.5 Å². The van der Waals surface area contributed by atoms with Crippen LogP contribution in [0.3, 0.4) is 0 Å². The molecule has 2 unspecified atom stereocenters. The van der Waals surface area contributed by atoms with Crippen LogP contribution in [-0.4, -0.2) is 60.9 Å². The highest BCUT2D eigenvalue weighted by molar-refractivity contribution is 7.89. The standard InChI is InChI=1S/C19H27N5O3S/c1-13-5-4-6-18(14(13)2)23-7-9-24(10-8-23)28(25,26)16-11-17(20-12-16)19-22-21-15(3)27-19/h4-6,16-17,20H,7-12H2,1-3H3. The van der Waals surface area contributed by atoms with E-state index in [1.807, 2.05) is 0 Å². The molecule has 0 bridgehead atoms. The third-order valence-electron chi connectivity index (χ3n) is 5.87. The summed E-state index contributed by atoms with van der Waals surface area (Å²) in [6.07, 6.45) is 0.459. The zero-order chi connectivity index (χ0) is 19.9. The largest absolute Gasteiger partial charge is 0.424 e. The molecule has 2 aliphatic heterocycles. The zero-order valence-electron chi connectivity index (χ0n) is 16.6. The Balaban J connectivity index is 1.40. The first-order chi connectivity index (χ1) is 13.4. The van der Waals surface area contributed by atoms with Crippen LogP contribution in [0.1, 0.15) is 35.4 Å². The van der Waals surface area contributed by atoms with Gasteiger partial charge in [0.05, 0.1) is 11.3 Å². The van der Waals surface area contributed by atoms with Gasteiger partial charge in [-0.05, 0) is 37.5 Å². The first-order valence-electron chi connectivity index (χ1n) is 9.70. The molecule has 2 aliphatic rings. The van der Waals surface area contributed by atoms with E-state index in [1.165, 1.54) is 16.8 Å². The van der Waals surface area contributed by atoms with Crippen molar-refractivity contribution in [3.63, 3.8) is 0 Å². The number of aromatic nitrogens is 2. The summed E-state index contributed by atoms with van der Waals surface area (Å²) in [6.45, 7) is 8.80. The lowest BCUT2D eigenvalue weighted by Crippen LogP contribution is -2.51. The van der Waals surface area contributed by atoms with Gasteiger partial charge >= 0.3 is 0 Å². The maximum absolute atomic E-state index is 13.1. The number of benzene rings is 1. The highest BCUT2D eigenvalue weighted by Crippen LogP contribution is 2.29. The fourth-order valence-corrected chi connectivity index (χ4v) is 5.88. The Hall–Kier alpha value is -1.97. The van der Waals surface area contributed by atoms with E-state index in [4.69, 9.17) is 4.42 Å². The van der Waals surface area contributed by atoms with Crippen LogP contribution >= 0.6 is 0 Å². The lowest BCUT2D eigenvalue weighted by molar-refractivity contribution is 0.378. The highest BCUT2D eigenvalue weighted by atomic mass is 32.2. The van der Waals surface area contributed by atoms with Crippen molar-refractivity contribution in [3.8, 4) is 0 Å². The number of anilines is 1. The van der Waals surface area contributed by atoms with Crippen molar-refractivity contribution >= 4 is 15.7 Å². The number of nitrogens with zero attached hydrogens (tertiary/aromatic N) is 4. The summed E-state index contributed by atoms with van der Waals surface area (Å²) >= 11 is 0. The number of hydrogen-bond acceptors (Lipinski definition) is 7. The van der Waals surface area contributed by atoms with Gasteiger partial charge in [0.15, 0.2) is 0 Å². The van der Waals surface area contributed by atoms with Crippen molar-refractivity contribution in [1.29, 1.82) is 0 Å². The van der Waals surface area contributed by atoms with Crippen molar-refractivity contribution in [2.75, 3.05) is 37.6 Å². The summed E-state index contributed by atoms with van der Waals surface area (Å²) in [5.41, 5.74) is 3.72. The molecule has 0 aliphatic carbocycles. The van der Waals surface area contributed by atoms with Gasteiger partial charge in [0.25, 0.3) is 0 Å². The molecule has 152 valence electrons. The Morgan fingerprint density at radius 3 is 2.54 bits per heavy atom. The van der Waals surface area contributed by atoms with E-state index >= 15 is 0 Å². The molecule has 0 radical (unpaired) electrons. The van der Waals surface area contributed by atoms with Crippen molar-refractivity contribution in [3.05, 3.63) is 41.1 Å². The third-order valence-corrected chi connectivity index (χ3v) is 8.15. The molecule has 28 heavy (non-hydrogen) atoms. The predicted molar refractivity (Wildman–Crippen MR) is 107 cm³/mol. The fourth-order valence-electron chi connectivity index (χ4n) is 4.04. The number of aryl methyl sites for hydroxylation is 2. The van der Waals surface area contributed by atoms with E-state index in [-0.39, 0.29) is 6.04 Å². The molecule has 2 atom stereocenters. The molecular weight excluding hydrogens is 378 g/mol. The molecule has 1 N–H and O–H groups in total. The van der Waals surface area contributed by atoms with Crippen LogP contribution in [0.2, 0.25) is 0 Å². The van der Waals surface area contributed by atoms with Crippen molar-refractivity contribution < 1.29 is 12.8 Å². The smallest absolute Gasteiger partial charge is 0.233 e. The molecule has 8 nitrogen and oxygen atoms in total. The van der Waals surface area contributed by atoms with Crippen LogP contribution in [0.25, 0.3) is 0 Å². The van der Waals surface area contributed by atoms with Gasteiger partial charge in [-0.1, -0.05) is 12.1 Å².